The Morgan fingerprint density at radius 3 is 2.44 bits per heavy atom. The molecule has 0 heterocycles. The third kappa shape index (κ3) is 5.79. The number of rotatable bonds is 8. The van der Waals surface area contributed by atoms with Crippen LogP contribution in [0.15, 0.2) is 78.9 Å². The van der Waals surface area contributed by atoms with E-state index in [1.165, 1.54) is 31.4 Å². The maximum atomic E-state index is 12.8. The molecule has 8 nitrogen and oxygen atoms in total. The van der Waals surface area contributed by atoms with Crippen molar-refractivity contribution in [3.63, 3.8) is 0 Å². The highest BCUT2D eigenvalue weighted by Gasteiger charge is 2.17. The van der Waals surface area contributed by atoms with Crippen LogP contribution in [0.5, 0.6) is 5.75 Å². The molecule has 0 bridgehead atoms. The first kappa shape index (κ1) is 22.2. The number of esters is 1. The Kier molecular flexibility index (Phi) is 7.32. The van der Waals surface area contributed by atoms with E-state index in [1.807, 2.05) is 18.2 Å². The van der Waals surface area contributed by atoms with Crippen LogP contribution in [0.25, 0.3) is 11.6 Å². The highest BCUT2D eigenvalue weighted by Crippen LogP contribution is 2.25. The van der Waals surface area contributed by atoms with Crippen molar-refractivity contribution in [2.45, 2.75) is 0 Å². The lowest BCUT2D eigenvalue weighted by Crippen LogP contribution is -2.21. The van der Waals surface area contributed by atoms with Crippen molar-refractivity contribution < 1.29 is 24.0 Å². The normalized spacial score (nSPS) is 10.8. The molecular weight excluding hydrogens is 412 g/mol. The van der Waals surface area contributed by atoms with Gasteiger partial charge in [-0.2, -0.15) is 0 Å². The van der Waals surface area contributed by atoms with Crippen molar-refractivity contribution in [3.05, 3.63) is 100 Å². The maximum absolute atomic E-state index is 12.8. The summed E-state index contributed by atoms with van der Waals surface area (Å²) >= 11 is 0. The summed E-state index contributed by atoms with van der Waals surface area (Å²) in [5.74, 6) is -0.739. The first-order chi connectivity index (χ1) is 15.5. The average molecular weight is 432 g/mol. The van der Waals surface area contributed by atoms with Crippen LogP contribution in [0.1, 0.15) is 11.1 Å². The van der Waals surface area contributed by atoms with Gasteiger partial charge in [0.15, 0.2) is 6.61 Å². The minimum Gasteiger partial charge on any atom is -0.496 e. The quantitative estimate of drug-likeness (QED) is 0.187. The second-order valence-corrected chi connectivity index (χ2v) is 6.60. The Balaban J connectivity index is 1.76. The Hall–Kier alpha value is -4.46. The predicted molar refractivity (Wildman–Crippen MR) is 120 cm³/mol. The van der Waals surface area contributed by atoms with Crippen LogP contribution in [-0.4, -0.2) is 30.5 Å². The van der Waals surface area contributed by atoms with E-state index in [0.717, 1.165) is 0 Å². The largest absolute Gasteiger partial charge is 0.496 e. The van der Waals surface area contributed by atoms with E-state index in [9.17, 15) is 19.7 Å². The fourth-order valence-corrected chi connectivity index (χ4v) is 2.92. The highest BCUT2D eigenvalue weighted by atomic mass is 16.6. The van der Waals surface area contributed by atoms with Gasteiger partial charge in [-0.05, 0) is 23.8 Å². The Bertz CT molecular complexity index is 1160. The predicted octanol–water partition coefficient (Wildman–Crippen LogP) is 4.33. The van der Waals surface area contributed by atoms with Crippen LogP contribution >= 0.6 is 0 Å². The van der Waals surface area contributed by atoms with Gasteiger partial charge in [0.2, 0.25) is 0 Å². The van der Waals surface area contributed by atoms with Crippen LogP contribution < -0.4 is 10.1 Å². The molecule has 0 saturated heterocycles. The van der Waals surface area contributed by atoms with Gasteiger partial charge >= 0.3 is 5.97 Å². The first-order valence-electron chi connectivity index (χ1n) is 9.59. The van der Waals surface area contributed by atoms with Crippen LogP contribution in [0.2, 0.25) is 0 Å². The number of non-ortho nitro benzene ring substituents is 1. The van der Waals surface area contributed by atoms with Gasteiger partial charge in [-0.25, -0.2) is 4.79 Å². The van der Waals surface area contributed by atoms with Crippen molar-refractivity contribution in [1.82, 2.24) is 0 Å². The number of benzene rings is 3. The number of nitro benzene ring substituents is 1. The number of para-hydroxylation sites is 1. The summed E-state index contributed by atoms with van der Waals surface area (Å²) < 4.78 is 10.6. The molecule has 1 N–H and O–H groups in total. The van der Waals surface area contributed by atoms with Crippen molar-refractivity contribution in [3.8, 4) is 5.75 Å². The van der Waals surface area contributed by atoms with Crippen molar-refractivity contribution >= 4 is 34.9 Å². The number of nitrogens with zero attached hydrogens (tertiary/aromatic N) is 1. The second kappa shape index (κ2) is 10.5. The summed E-state index contributed by atoms with van der Waals surface area (Å²) in [4.78, 5) is 35.4. The molecule has 0 fully saturated rings. The van der Waals surface area contributed by atoms with Gasteiger partial charge in [-0.3, -0.25) is 14.9 Å². The summed E-state index contributed by atoms with van der Waals surface area (Å²) in [6.45, 7) is -0.558. The van der Waals surface area contributed by atoms with E-state index >= 15 is 0 Å². The third-order valence-corrected chi connectivity index (χ3v) is 4.42. The molecule has 3 rings (SSSR count). The van der Waals surface area contributed by atoms with E-state index in [0.29, 0.717) is 16.9 Å². The summed E-state index contributed by atoms with van der Waals surface area (Å²) in [5, 5.41) is 13.3. The molecule has 0 aliphatic carbocycles. The number of carbonyl (C=O) groups excluding carboxylic acids is 2. The maximum Gasteiger partial charge on any atom is 0.339 e. The Morgan fingerprint density at radius 2 is 1.72 bits per heavy atom. The van der Waals surface area contributed by atoms with Crippen molar-refractivity contribution in [2.75, 3.05) is 19.0 Å². The fourth-order valence-electron chi connectivity index (χ4n) is 2.92. The molecule has 0 atom stereocenters. The number of anilines is 1. The van der Waals surface area contributed by atoms with Gasteiger partial charge in [0.05, 0.1) is 17.6 Å². The number of methoxy groups -OCH3 is 1. The molecule has 0 saturated carbocycles. The lowest BCUT2D eigenvalue weighted by molar-refractivity contribution is -0.384. The topological polar surface area (TPSA) is 108 Å². The van der Waals surface area contributed by atoms with Crippen LogP contribution in [0.4, 0.5) is 11.4 Å². The molecule has 0 aliphatic heterocycles. The zero-order valence-electron chi connectivity index (χ0n) is 17.2. The molecule has 0 radical (unpaired) electrons. The lowest BCUT2D eigenvalue weighted by atomic mass is 10.0. The van der Waals surface area contributed by atoms with Crippen molar-refractivity contribution in [1.29, 1.82) is 0 Å². The number of ether oxygens (including phenoxy) is 2. The Morgan fingerprint density at radius 1 is 1.00 bits per heavy atom. The molecule has 0 aliphatic rings. The molecular formula is C24H20N2O6. The van der Waals surface area contributed by atoms with Gasteiger partial charge in [-0.1, -0.05) is 54.6 Å². The number of hydrogen-bond acceptors (Lipinski definition) is 6. The highest BCUT2D eigenvalue weighted by molar-refractivity contribution is 6.22. The second-order valence-electron chi connectivity index (χ2n) is 6.60. The minimum absolute atomic E-state index is 0.161. The molecule has 32 heavy (non-hydrogen) atoms. The summed E-state index contributed by atoms with van der Waals surface area (Å²) in [7, 11) is 1.53. The monoisotopic (exact) mass is 432 g/mol. The number of amides is 1. The molecule has 8 heteroatoms. The Labute approximate surface area is 184 Å². The van der Waals surface area contributed by atoms with E-state index in [2.05, 4.69) is 5.32 Å². The number of hydrogen-bond donors (Lipinski definition) is 1. The number of nitrogens with one attached hydrogen (secondary N) is 1. The van der Waals surface area contributed by atoms with Crippen LogP contribution in [0, 0.1) is 10.1 Å². The smallest absolute Gasteiger partial charge is 0.339 e. The van der Waals surface area contributed by atoms with Crippen LogP contribution in [-0.2, 0) is 14.3 Å². The number of nitro groups is 1. The fraction of sp³-hybridized carbons (Fsp3) is 0.0833. The third-order valence-electron chi connectivity index (χ3n) is 4.42. The van der Waals surface area contributed by atoms with Gasteiger partial charge in [0, 0.05) is 23.4 Å². The van der Waals surface area contributed by atoms with Crippen molar-refractivity contribution in [2.24, 2.45) is 0 Å². The standard InChI is InChI=1S/C24H20N2O6/c1-31-22-13-6-5-10-18(22)14-21(17-8-3-2-4-9-17)24(28)32-16-23(27)25-19-11-7-12-20(15-19)26(29)30/h2-15H,16H2,1H3,(H,25,27). The average Bonchev–Trinajstić information content (AvgIpc) is 2.82. The molecule has 0 unspecified atom stereocenters. The summed E-state index contributed by atoms with van der Waals surface area (Å²) in [6, 6.07) is 21.6. The van der Waals surface area contributed by atoms with E-state index in [-0.39, 0.29) is 16.9 Å². The number of carbonyl (C=O) groups is 2. The zero-order chi connectivity index (χ0) is 22.9. The first-order valence-corrected chi connectivity index (χ1v) is 9.59. The molecule has 3 aromatic rings. The molecule has 3 aromatic carbocycles. The molecule has 162 valence electrons. The van der Waals surface area contributed by atoms with E-state index in [4.69, 9.17) is 9.47 Å². The molecule has 0 spiro atoms. The molecule has 0 aromatic heterocycles. The SMILES string of the molecule is COc1ccccc1C=C(C(=O)OCC(=O)Nc1cccc([N+](=O)[O-])c1)c1ccccc1. The van der Waals surface area contributed by atoms with Gasteiger partial charge < -0.3 is 14.8 Å². The zero-order valence-corrected chi connectivity index (χ0v) is 17.2. The van der Waals surface area contributed by atoms with Gasteiger partial charge in [0.1, 0.15) is 5.75 Å². The minimum atomic E-state index is -0.698. The molecule has 1 amide bonds. The van der Waals surface area contributed by atoms with Crippen LogP contribution in [0.3, 0.4) is 0 Å². The van der Waals surface area contributed by atoms with Gasteiger partial charge in [0.25, 0.3) is 11.6 Å². The van der Waals surface area contributed by atoms with E-state index in [1.54, 1.807) is 42.5 Å². The summed E-state index contributed by atoms with van der Waals surface area (Å²) in [6.07, 6.45) is 1.63. The van der Waals surface area contributed by atoms with E-state index < -0.39 is 23.4 Å². The summed E-state index contributed by atoms with van der Waals surface area (Å²) in [5.41, 5.74) is 1.60. The van der Waals surface area contributed by atoms with Gasteiger partial charge in [-0.15, -0.1) is 0 Å². The lowest BCUT2D eigenvalue weighted by Gasteiger charge is -2.11.